The molecule has 20 heavy (non-hydrogen) atoms. The van der Waals surface area contributed by atoms with Gasteiger partial charge in [0.2, 0.25) is 0 Å². The average molecular weight is 271 g/mol. The number of aromatic nitrogens is 1. The van der Waals surface area contributed by atoms with Crippen LogP contribution in [0.1, 0.15) is 42.1 Å². The molecule has 0 spiro atoms. The van der Waals surface area contributed by atoms with E-state index in [1.54, 1.807) is 18.5 Å². The van der Waals surface area contributed by atoms with Crippen molar-refractivity contribution in [3.63, 3.8) is 0 Å². The molecular formula is C16H21N3O. The van der Waals surface area contributed by atoms with Crippen LogP contribution in [0.5, 0.6) is 0 Å². The molecule has 0 aliphatic heterocycles. The third-order valence-electron chi connectivity index (χ3n) is 3.69. The van der Waals surface area contributed by atoms with Crippen molar-refractivity contribution in [2.24, 2.45) is 17.6 Å². The van der Waals surface area contributed by atoms with Crippen LogP contribution in [0.25, 0.3) is 0 Å². The Bertz CT molecular complexity index is 530. The predicted molar refractivity (Wildman–Crippen MR) is 79.0 cm³/mol. The van der Waals surface area contributed by atoms with Gasteiger partial charge in [-0.1, -0.05) is 25.2 Å². The maximum atomic E-state index is 12.1. The van der Waals surface area contributed by atoms with Crippen molar-refractivity contribution in [1.29, 1.82) is 0 Å². The molecule has 0 radical (unpaired) electrons. The summed E-state index contributed by atoms with van der Waals surface area (Å²) in [7, 11) is 0. The van der Waals surface area contributed by atoms with Gasteiger partial charge < -0.3 is 11.1 Å². The first-order valence-corrected chi connectivity index (χ1v) is 7.11. The SMILES string of the molecule is CC1CCC(CNC(=O)c2cncc(C#CCN)c2)C1. The summed E-state index contributed by atoms with van der Waals surface area (Å²) < 4.78 is 0. The van der Waals surface area contributed by atoms with Crippen molar-refractivity contribution in [3.8, 4) is 11.8 Å². The molecular weight excluding hydrogens is 250 g/mol. The van der Waals surface area contributed by atoms with Crippen LogP contribution in [0.2, 0.25) is 0 Å². The summed E-state index contributed by atoms with van der Waals surface area (Å²) in [6, 6.07) is 1.75. The minimum Gasteiger partial charge on any atom is -0.352 e. The third kappa shape index (κ3) is 4.07. The topological polar surface area (TPSA) is 68.0 Å². The summed E-state index contributed by atoms with van der Waals surface area (Å²) in [4.78, 5) is 16.1. The summed E-state index contributed by atoms with van der Waals surface area (Å²) in [5.74, 6) is 6.97. The van der Waals surface area contributed by atoms with Crippen LogP contribution in [0.15, 0.2) is 18.5 Å². The fourth-order valence-electron chi connectivity index (χ4n) is 2.64. The number of pyridine rings is 1. The molecule has 1 fully saturated rings. The summed E-state index contributed by atoms with van der Waals surface area (Å²) in [6.45, 7) is 3.32. The molecule has 1 aliphatic carbocycles. The summed E-state index contributed by atoms with van der Waals surface area (Å²) >= 11 is 0. The molecule has 1 saturated carbocycles. The number of hydrogen-bond donors (Lipinski definition) is 2. The molecule has 1 aliphatic rings. The Labute approximate surface area is 120 Å². The van der Waals surface area contributed by atoms with E-state index >= 15 is 0 Å². The van der Waals surface area contributed by atoms with E-state index in [9.17, 15) is 4.79 Å². The largest absolute Gasteiger partial charge is 0.352 e. The Hall–Kier alpha value is -1.86. The molecule has 4 heteroatoms. The van der Waals surface area contributed by atoms with E-state index in [1.165, 1.54) is 19.3 Å². The lowest BCUT2D eigenvalue weighted by atomic mass is 10.1. The van der Waals surface area contributed by atoms with E-state index in [2.05, 4.69) is 29.1 Å². The fourth-order valence-corrected chi connectivity index (χ4v) is 2.64. The molecule has 2 unspecified atom stereocenters. The van der Waals surface area contributed by atoms with Crippen molar-refractivity contribution in [2.75, 3.05) is 13.1 Å². The number of amides is 1. The highest BCUT2D eigenvalue weighted by Crippen LogP contribution is 2.29. The molecule has 2 rings (SSSR count). The van der Waals surface area contributed by atoms with E-state index in [1.807, 2.05) is 0 Å². The first kappa shape index (κ1) is 14.5. The molecule has 1 heterocycles. The maximum Gasteiger partial charge on any atom is 0.252 e. The number of rotatable bonds is 3. The van der Waals surface area contributed by atoms with Gasteiger partial charge in [-0.3, -0.25) is 9.78 Å². The van der Waals surface area contributed by atoms with Gasteiger partial charge in [-0.05, 0) is 30.7 Å². The molecule has 1 aromatic heterocycles. The van der Waals surface area contributed by atoms with Gasteiger partial charge >= 0.3 is 0 Å². The summed E-state index contributed by atoms with van der Waals surface area (Å²) in [5.41, 5.74) is 6.61. The van der Waals surface area contributed by atoms with Crippen molar-refractivity contribution < 1.29 is 4.79 Å². The summed E-state index contributed by atoms with van der Waals surface area (Å²) in [6.07, 6.45) is 6.90. The normalized spacial score (nSPS) is 21.1. The maximum absolute atomic E-state index is 12.1. The Kier molecular flexibility index (Phi) is 5.14. The van der Waals surface area contributed by atoms with E-state index in [0.717, 1.165) is 18.0 Å². The minimum absolute atomic E-state index is 0.0755. The lowest BCUT2D eigenvalue weighted by molar-refractivity contribution is 0.0946. The minimum atomic E-state index is -0.0755. The fraction of sp³-hybridized carbons (Fsp3) is 0.500. The molecule has 0 saturated heterocycles. The zero-order chi connectivity index (χ0) is 14.4. The smallest absolute Gasteiger partial charge is 0.252 e. The van der Waals surface area contributed by atoms with Crippen molar-refractivity contribution in [2.45, 2.75) is 26.2 Å². The molecule has 0 aromatic carbocycles. The van der Waals surface area contributed by atoms with Gasteiger partial charge in [0.15, 0.2) is 0 Å². The number of nitrogens with zero attached hydrogens (tertiary/aromatic N) is 1. The highest BCUT2D eigenvalue weighted by atomic mass is 16.1. The Morgan fingerprint density at radius 2 is 2.35 bits per heavy atom. The van der Waals surface area contributed by atoms with Crippen LogP contribution < -0.4 is 11.1 Å². The van der Waals surface area contributed by atoms with Crippen LogP contribution in [-0.4, -0.2) is 24.0 Å². The van der Waals surface area contributed by atoms with Crippen molar-refractivity contribution >= 4 is 5.91 Å². The number of carbonyl (C=O) groups excluding carboxylic acids is 1. The molecule has 3 N–H and O–H groups in total. The Balaban J connectivity index is 1.92. The first-order chi connectivity index (χ1) is 9.69. The molecule has 1 aromatic rings. The molecule has 1 amide bonds. The van der Waals surface area contributed by atoms with Gasteiger partial charge in [0.1, 0.15) is 0 Å². The molecule has 4 nitrogen and oxygen atoms in total. The number of nitrogens with two attached hydrogens (primary N) is 1. The lowest BCUT2D eigenvalue weighted by Crippen LogP contribution is -2.28. The van der Waals surface area contributed by atoms with E-state index in [-0.39, 0.29) is 5.91 Å². The zero-order valence-corrected chi connectivity index (χ0v) is 11.9. The Morgan fingerprint density at radius 1 is 1.50 bits per heavy atom. The highest BCUT2D eigenvalue weighted by Gasteiger charge is 2.21. The van der Waals surface area contributed by atoms with Gasteiger partial charge in [0.05, 0.1) is 12.1 Å². The van der Waals surface area contributed by atoms with Crippen molar-refractivity contribution in [3.05, 3.63) is 29.6 Å². The van der Waals surface area contributed by atoms with Gasteiger partial charge in [0, 0.05) is 24.5 Å². The number of hydrogen-bond acceptors (Lipinski definition) is 3. The second-order valence-electron chi connectivity index (χ2n) is 5.46. The van der Waals surface area contributed by atoms with Crippen LogP contribution in [-0.2, 0) is 0 Å². The van der Waals surface area contributed by atoms with Crippen LogP contribution in [0.4, 0.5) is 0 Å². The highest BCUT2D eigenvalue weighted by molar-refractivity contribution is 5.94. The van der Waals surface area contributed by atoms with Gasteiger partial charge in [0.25, 0.3) is 5.91 Å². The predicted octanol–water partition coefficient (Wildman–Crippen LogP) is 1.56. The van der Waals surface area contributed by atoms with Gasteiger partial charge in [-0.2, -0.15) is 0 Å². The third-order valence-corrected chi connectivity index (χ3v) is 3.69. The van der Waals surface area contributed by atoms with Crippen molar-refractivity contribution in [1.82, 2.24) is 10.3 Å². The quantitative estimate of drug-likeness (QED) is 0.820. The van der Waals surface area contributed by atoms with Crippen LogP contribution in [0.3, 0.4) is 0 Å². The summed E-state index contributed by atoms with van der Waals surface area (Å²) in [5, 5.41) is 2.99. The second kappa shape index (κ2) is 7.06. The van der Waals surface area contributed by atoms with Gasteiger partial charge in [-0.25, -0.2) is 0 Å². The van der Waals surface area contributed by atoms with Crippen LogP contribution in [0, 0.1) is 23.7 Å². The molecule has 2 atom stereocenters. The number of carbonyl (C=O) groups is 1. The Morgan fingerprint density at radius 3 is 3.05 bits per heavy atom. The van der Waals surface area contributed by atoms with E-state index in [0.29, 0.717) is 18.0 Å². The monoisotopic (exact) mass is 271 g/mol. The standard InChI is InChI=1S/C16H21N3O/c1-12-4-5-14(7-12)10-19-16(20)15-8-13(3-2-6-17)9-18-11-15/h8-9,11-12,14H,4-7,10,17H2,1H3,(H,19,20). The first-order valence-electron chi connectivity index (χ1n) is 7.11. The van der Waals surface area contributed by atoms with E-state index in [4.69, 9.17) is 5.73 Å². The molecule has 0 bridgehead atoms. The second-order valence-corrected chi connectivity index (χ2v) is 5.46. The molecule has 106 valence electrons. The average Bonchev–Trinajstić information content (AvgIpc) is 2.88. The van der Waals surface area contributed by atoms with E-state index < -0.39 is 0 Å². The lowest BCUT2D eigenvalue weighted by Gasteiger charge is -2.11. The zero-order valence-electron chi connectivity index (χ0n) is 11.9. The van der Waals surface area contributed by atoms with Gasteiger partial charge in [-0.15, -0.1) is 0 Å². The number of nitrogens with one attached hydrogen (secondary N) is 1. The van der Waals surface area contributed by atoms with Crippen LogP contribution >= 0.6 is 0 Å².